The number of amides is 4. The molecule has 1 unspecified atom stereocenters. The minimum Gasteiger partial charge on any atom is -0.295 e. The Labute approximate surface area is 235 Å². The lowest BCUT2D eigenvalue weighted by Crippen LogP contribution is -2.54. The molecule has 4 aliphatic rings. The number of nitrogens with zero attached hydrogens (tertiary/aromatic N) is 4. The lowest BCUT2D eigenvalue weighted by Gasteiger charge is -2.32. The molecule has 2 aromatic heterocycles. The molecule has 4 amide bonds. The maximum absolute atomic E-state index is 13.8. The molecule has 1 atom stereocenters. The second-order valence-electron chi connectivity index (χ2n) is 11.2. The van der Waals surface area contributed by atoms with Crippen LogP contribution in [0.15, 0.2) is 36.5 Å². The van der Waals surface area contributed by atoms with Gasteiger partial charge >= 0.3 is 0 Å². The molecule has 4 heterocycles. The van der Waals surface area contributed by atoms with Gasteiger partial charge in [-0.05, 0) is 69.4 Å². The predicted octanol–water partition coefficient (Wildman–Crippen LogP) is 3.67. The van der Waals surface area contributed by atoms with Crippen molar-refractivity contribution in [3.8, 4) is 23.1 Å². The van der Waals surface area contributed by atoms with Crippen LogP contribution in [0.3, 0.4) is 0 Å². The van der Waals surface area contributed by atoms with Crippen LogP contribution in [0.2, 0.25) is 0 Å². The number of pyridine rings is 1. The van der Waals surface area contributed by atoms with E-state index in [0.717, 1.165) is 47.5 Å². The normalized spacial score (nSPS) is 23.6. The number of carbonyl (C=O) groups excluding carboxylic acids is 4. The van der Waals surface area contributed by atoms with Gasteiger partial charge in [-0.3, -0.25) is 34.1 Å². The van der Waals surface area contributed by atoms with Gasteiger partial charge in [0.1, 0.15) is 11.9 Å². The van der Waals surface area contributed by atoms with Crippen LogP contribution in [0.5, 0.6) is 0 Å². The summed E-state index contributed by atoms with van der Waals surface area (Å²) < 4.78 is 15.8. The number of halogens is 1. The Kier molecular flexibility index (Phi) is 5.85. The van der Waals surface area contributed by atoms with E-state index in [1.54, 1.807) is 31.2 Å². The van der Waals surface area contributed by atoms with Crippen LogP contribution in [-0.4, -0.2) is 49.3 Å². The van der Waals surface area contributed by atoms with Crippen molar-refractivity contribution in [3.05, 3.63) is 70.4 Å². The molecule has 7 rings (SSSR count). The van der Waals surface area contributed by atoms with E-state index in [4.69, 9.17) is 5.10 Å². The standard InChI is InChI=1S/C31H26FN5O4/c1-16-24(32)8-9-25(33-16)23-15-36(35-28(23)19-5-6-19)20-12-18(13-20)3-2-17-4-7-21-22(14-17)31(41)37(30(21)40)26-10-11-27(38)34-29(26)39/h4,7-9,14-15,18-20,26H,5-6,10-13H2,1H3,(H,34,38,39). The highest BCUT2D eigenvalue weighted by Crippen LogP contribution is 2.45. The van der Waals surface area contributed by atoms with Crippen molar-refractivity contribution in [1.82, 2.24) is 25.0 Å². The van der Waals surface area contributed by atoms with Gasteiger partial charge in [0, 0.05) is 35.6 Å². The quantitative estimate of drug-likeness (QED) is 0.391. The number of hydrogen-bond donors (Lipinski definition) is 1. The fraction of sp³-hybridized carbons (Fsp3) is 0.355. The van der Waals surface area contributed by atoms with Crippen LogP contribution < -0.4 is 5.32 Å². The molecule has 1 saturated heterocycles. The summed E-state index contributed by atoms with van der Waals surface area (Å²) in [5, 5.41) is 7.10. The zero-order chi connectivity index (χ0) is 28.4. The van der Waals surface area contributed by atoms with E-state index in [1.807, 2.05) is 10.9 Å². The number of carbonyl (C=O) groups is 4. The third-order valence-electron chi connectivity index (χ3n) is 8.37. The Hall–Kier alpha value is -4.65. The minimum absolute atomic E-state index is 0.0768. The Morgan fingerprint density at radius 2 is 1.76 bits per heavy atom. The first-order valence-electron chi connectivity index (χ1n) is 13.9. The molecule has 206 valence electrons. The number of fused-ring (bicyclic) bond motifs is 1. The summed E-state index contributed by atoms with van der Waals surface area (Å²) in [6, 6.07) is 7.27. The van der Waals surface area contributed by atoms with Crippen LogP contribution >= 0.6 is 0 Å². The largest absolute Gasteiger partial charge is 0.295 e. The lowest BCUT2D eigenvalue weighted by atomic mass is 9.80. The highest BCUT2D eigenvalue weighted by molar-refractivity contribution is 6.23. The van der Waals surface area contributed by atoms with Crippen molar-refractivity contribution in [1.29, 1.82) is 0 Å². The van der Waals surface area contributed by atoms with Crippen molar-refractivity contribution in [3.63, 3.8) is 0 Å². The van der Waals surface area contributed by atoms with Gasteiger partial charge in [0.05, 0.1) is 34.3 Å². The van der Waals surface area contributed by atoms with Crippen LogP contribution in [0.1, 0.15) is 88.2 Å². The van der Waals surface area contributed by atoms with Crippen LogP contribution in [0.25, 0.3) is 11.3 Å². The molecule has 1 aromatic carbocycles. The van der Waals surface area contributed by atoms with Gasteiger partial charge in [0.2, 0.25) is 11.8 Å². The third kappa shape index (κ3) is 4.42. The fourth-order valence-corrected chi connectivity index (χ4v) is 5.80. The smallest absolute Gasteiger partial charge is 0.262 e. The number of nitrogens with one attached hydrogen (secondary N) is 1. The number of rotatable bonds is 4. The molecular weight excluding hydrogens is 525 g/mol. The molecule has 3 aromatic rings. The number of aromatic nitrogens is 3. The number of aryl methyl sites for hydroxylation is 1. The predicted molar refractivity (Wildman–Crippen MR) is 144 cm³/mol. The van der Waals surface area contributed by atoms with Crippen molar-refractivity contribution < 1.29 is 23.6 Å². The van der Waals surface area contributed by atoms with Crippen molar-refractivity contribution in [2.45, 2.75) is 63.5 Å². The van der Waals surface area contributed by atoms with E-state index in [2.05, 4.69) is 22.1 Å². The van der Waals surface area contributed by atoms with Gasteiger partial charge in [-0.25, -0.2) is 9.37 Å². The lowest BCUT2D eigenvalue weighted by molar-refractivity contribution is -0.136. The Morgan fingerprint density at radius 3 is 2.49 bits per heavy atom. The summed E-state index contributed by atoms with van der Waals surface area (Å²) in [7, 11) is 0. The van der Waals surface area contributed by atoms with Crippen LogP contribution in [0, 0.1) is 30.5 Å². The second kappa shape index (κ2) is 9.47. The second-order valence-corrected chi connectivity index (χ2v) is 11.2. The molecule has 9 nitrogen and oxygen atoms in total. The first kappa shape index (κ1) is 25.3. The molecule has 0 spiro atoms. The Bertz CT molecular complexity index is 1720. The van der Waals surface area contributed by atoms with Gasteiger partial charge in [0.25, 0.3) is 11.8 Å². The summed E-state index contributed by atoms with van der Waals surface area (Å²) in [5.74, 6) is 4.58. The summed E-state index contributed by atoms with van der Waals surface area (Å²) in [5.41, 5.74) is 4.19. The number of piperidine rings is 1. The van der Waals surface area contributed by atoms with Gasteiger partial charge in [0.15, 0.2) is 0 Å². The fourth-order valence-electron chi connectivity index (χ4n) is 5.80. The zero-order valence-electron chi connectivity index (χ0n) is 22.3. The van der Waals surface area contributed by atoms with Crippen LogP contribution in [-0.2, 0) is 9.59 Å². The van der Waals surface area contributed by atoms with E-state index in [-0.39, 0.29) is 41.7 Å². The van der Waals surface area contributed by atoms with Gasteiger partial charge in [-0.15, -0.1) is 0 Å². The maximum atomic E-state index is 13.8. The number of benzene rings is 1. The molecule has 2 aliphatic heterocycles. The zero-order valence-corrected chi connectivity index (χ0v) is 22.3. The average molecular weight is 552 g/mol. The molecule has 0 bridgehead atoms. The molecule has 2 saturated carbocycles. The topological polar surface area (TPSA) is 114 Å². The first-order chi connectivity index (χ1) is 19.8. The molecule has 41 heavy (non-hydrogen) atoms. The Morgan fingerprint density at radius 1 is 0.976 bits per heavy atom. The summed E-state index contributed by atoms with van der Waals surface area (Å²) in [6.07, 6.45) is 6.09. The summed E-state index contributed by atoms with van der Waals surface area (Å²) in [4.78, 5) is 55.1. The molecule has 10 heteroatoms. The summed E-state index contributed by atoms with van der Waals surface area (Å²) >= 11 is 0. The van der Waals surface area contributed by atoms with E-state index in [1.165, 1.54) is 6.07 Å². The van der Waals surface area contributed by atoms with Crippen molar-refractivity contribution in [2.24, 2.45) is 5.92 Å². The number of hydrogen-bond acceptors (Lipinski definition) is 6. The molecule has 1 N–H and O–H groups in total. The van der Waals surface area contributed by atoms with E-state index in [0.29, 0.717) is 17.2 Å². The maximum Gasteiger partial charge on any atom is 0.262 e. The molecule has 2 aliphatic carbocycles. The highest BCUT2D eigenvalue weighted by atomic mass is 19.1. The van der Waals surface area contributed by atoms with Gasteiger partial charge < -0.3 is 0 Å². The monoisotopic (exact) mass is 551 g/mol. The minimum atomic E-state index is -0.993. The Balaban J connectivity index is 1.04. The van der Waals surface area contributed by atoms with E-state index < -0.39 is 29.7 Å². The van der Waals surface area contributed by atoms with E-state index in [9.17, 15) is 23.6 Å². The number of imide groups is 2. The molecular formula is C31H26FN5O4. The van der Waals surface area contributed by atoms with Gasteiger partial charge in [-0.2, -0.15) is 5.10 Å². The van der Waals surface area contributed by atoms with Gasteiger partial charge in [-0.1, -0.05) is 11.8 Å². The average Bonchev–Trinajstić information content (AvgIpc) is 3.63. The van der Waals surface area contributed by atoms with E-state index >= 15 is 0 Å². The molecule has 0 radical (unpaired) electrons. The highest BCUT2D eigenvalue weighted by Gasteiger charge is 2.44. The van der Waals surface area contributed by atoms with Crippen molar-refractivity contribution >= 4 is 23.6 Å². The van der Waals surface area contributed by atoms with Crippen molar-refractivity contribution in [2.75, 3.05) is 0 Å². The van der Waals surface area contributed by atoms with Crippen LogP contribution in [0.4, 0.5) is 4.39 Å². The third-order valence-corrected chi connectivity index (χ3v) is 8.37. The SMILES string of the molecule is Cc1nc(-c2cn(C3CC(C#Cc4ccc5c(c4)C(=O)N(C4CCC(=O)NC4=O)C5=O)C3)nc2C2CC2)ccc1F. The first-order valence-corrected chi connectivity index (χ1v) is 13.9. The molecule has 3 fully saturated rings. The summed E-state index contributed by atoms with van der Waals surface area (Å²) in [6.45, 7) is 1.67.